The summed E-state index contributed by atoms with van der Waals surface area (Å²) in [6.07, 6.45) is 0.928. The van der Waals surface area contributed by atoms with Crippen LogP contribution in [-0.4, -0.2) is 61.6 Å². The number of carbonyl (C=O) groups excluding carboxylic acids is 1. The van der Waals surface area contributed by atoms with Gasteiger partial charge in [0, 0.05) is 50.5 Å². The average Bonchev–Trinajstić information content (AvgIpc) is 3.17. The monoisotopic (exact) mass is 397 g/mol. The first-order valence-electron chi connectivity index (χ1n) is 10.2. The van der Waals surface area contributed by atoms with E-state index in [4.69, 9.17) is 4.74 Å². The highest BCUT2D eigenvalue weighted by atomic mass is 19.1. The fraction of sp³-hybridized carbons (Fsp3) is 0.435. The lowest BCUT2D eigenvalue weighted by molar-refractivity contribution is -0.123. The Labute approximate surface area is 171 Å². The topological polar surface area (TPSA) is 36.0 Å². The van der Waals surface area contributed by atoms with Crippen molar-refractivity contribution in [3.63, 3.8) is 0 Å². The van der Waals surface area contributed by atoms with Crippen LogP contribution in [0.4, 0.5) is 10.1 Å². The van der Waals surface area contributed by atoms with Gasteiger partial charge in [-0.25, -0.2) is 4.39 Å². The van der Waals surface area contributed by atoms with E-state index in [9.17, 15) is 9.18 Å². The molecule has 0 spiro atoms. The van der Waals surface area contributed by atoms with E-state index in [0.717, 1.165) is 50.4 Å². The highest BCUT2D eigenvalue weighted by Gasteiger charge is 2.32. The van der Waals surface area contributed by atoms with Gasteiger partial charge in [-0.3, -0.25) is 14.6 Å². The summed E-state index contributed by atoms with van der Waals surface area (Å²) in [6, 6.07) is 12.7. The highest BCUT2D eigenvalue weighted by molar-refractivity contribution is 5.98. The molecule has 1 saturated heterocycles. The first-order valence-corrected chi connectivity index (χ1v) is 10.2. The molecule has 5 nitrogen and oxygen atoms in total. The number of para-hydroxylation sites is 1. The van der Waals surface area contributed by atoms with Crippen molar-refractivity contribution in [3.05, 3.63) is 59.4 Å². The third-order valence-electron chi connectivity index (χ3n) is 6.10. The molecule has 1 amide bonds. The van der Waals surface area contributed by atoms with Crippen LogP contribution in [0.3, 0.4) is 0 Å². The summed E-state index contributed by atoms with van der Waals surface area (Å²) >= 11 is 0. The molecule has 0 radical (unpaired) electrons. The van der Waals surface area contributed by atoms with Crippen molar-refractivity contribution >= 4 is 11.6 Å². The third kappa shape index (κ3) is 4.14. The van der Waals surface area contributed by atoms with Gasteiger partial charge in [0.25, 0.3) is 0 Å². The minimum Gasteiger partial charge on any atom is -0.496 e. The maximum absolute atomic E-state index is 13.6. The molecule has 0 unspecified atom stereocenters. The number of piperazine rings is 1. The van der Waals surface area contributed by atoms with Gasteiger partial charge in [-0.1, -0.05) is 18.2 Å². The zero-order chi connectivity index (χ0) is 20.4. The standard InChI is InChI=1S/C23H28FN3O2/c1-17(23(28)27-10-9-18-5-3-4-6-21(18)27)26-13-11-25(12-14-26)16-19-15-20(24)7-8-22(19)29-2/h3-8,15,17H,9-14,16H2,1-2H3/t17-/m0/s1. The summed E-state index contributed by atoms with van der Waals surface area (Å²) in [5.41, 5.74) is 3.17. The Balaban J connectivity index is 1.35. The van der Waals surface area contributed by atoms with Crippen molar-refractivity contribution in [2.24, 2.45) is 0 Å². The van der Waals surface area contributed by atoms with E-state index in [1.165, 1.54) is 11.6 Å². The lowest BCUT2D eigenvalue weighted by Gasteiger charge is -2.38. The lowest BCUT2D eigenvalue weighted by Crippen LogP contribution is -2.54. The molecule has 2 aliphatic heterocycles. The number of rotatable bonds is 5. The molecule has 0 N–H and O–H groups in total. The maximum Gasteiger partial charge on any atom is 0.244 e. The summed E-state index contributed by atoms with van der Waals surface area (Å²) in [4.78, 5) is 19.6. The lowest BCUT2D eigenvalue weighted by atomic mass is 10.1. The SMILES string of the molecule is COc1ccc(F)cc1CN1CCN([C@@H](C)C(=O)N2CCc3ccccc32)CC1. The summed E-state index contributed by atoms with van der Waals surface area (Å²) in [6.45, 7) is 6.74. The van der Waals surface area contributed by atoms with Gasteiger partial charge in [-0.05, 0) is 43.2 Å². The molecule has 154 valence electrons. The number of fused-ring (bicyclic) bond motifs is 1. The molecule has 2 aliphatic rings. The molecule has 0 bridgehead atoms. The van der Waals surface area contributed by atoms with Crippen molar-refractivity contribution in [1.82, 2.24) is 9.80 Å². The molecule has 1 atom stereocenters. The Morgan fingerprint density at radius 3 is 2.62 bits per heavy atom. The van der Waals surface area contributed by atoms with Gasteiger partial charge in [0.05, 0.1) is 13.2 Å². The Morgan fingerprint density at radius 1 is 1.10 bits per heavy atom. The van der Waals surface area contributed by atoms with Crippen LogP contribution in [0.2, 0.25) is 0 Å². The fourth-order valence-electron chi connectivity index (χ4n) is 4.37. The molecule has 0 aliphatic carbocycles. The van der Waals surface area contributed by atoms with E-state index < -0.39 is 0 Å². The summed E-state index contributed by atoms with van der Waals surface area (Å²) in [5.74, 6) is 0.643. The molecule has 0 aromatic heterocycles. The van der Waals surface area contributed by atoms with Crippen LogP contribution in [0.1, 0.15) is 18.1 Å². The predicted octanol–water partition coefficient (Wildman–Crippen LogP) is 2.93. The second-order valence-corrected chi connectivity index (χ2v) is 7.81. The number of carbonyl (C=O) groups is 1. The quantitative estimate of drug-likeness (QED) is 0.777. The van der Waals surface area contributed by atoms with Gasteiger partial charge in [-0.2, -0.15) is 0 Å². The van der Waals surface area contributed by atoms with Gasteiger partial charge in [0.15, 0.2) is 0 Å². The van der Waals surface area contributed by atoms with Crippen molar-refractivity contribution < 1.29 is 13.9 Å². The first kappa shape index (κ1) is 19.9. The number of amides is 1. The van der Waals surface area contributed by atoms with Crippen molar-refractivity contribution in [1.29, 1.82) is 0 Å². The van der Waals surface area contributed by atoms with Crippen LogP contribution < -0.4 is 9.64 Å². The first-order chi connectivity index (χ1) is 14.1. The number of hydrogen-bond acceptors (Lipinski definition) is 4. The molecule has 2 aromatic carbocycles. The van der Waals surface area contributed by atoms with Crippen LogP contribution in [0.25, 0.3) is 0 Å². The molecule has 2 heterocycles. The van der Waals surface area contributed by atoms with Gasteiger partial charge >= 0.3 is 0 Å². The summed E-state index contributed by atoms with van der Waals surface area (Å²) in [5, 5.41) is 0. The van der Waals surface area contributed by atoms with Crippen LogP contribution >= 0.6 is 0 Å². The number of benzene rings is 2. The van der Waals surface area contributed by atoms with E-state index in [0.29, 0.717) is 12.3 Å². The molecular weight excluding hydrogens is 369 g/mol. The third-order valence-corrected chi connectivity index (χ3v) is 6.10. The van der Waals surface area contributed by atoms with Gasteiger partial charge in [0.2, 0.25) is 5.91 Å². The van der Waals surface area contributed by atoms with E-state index in [1.54, 1.807) is 19.2 Å². The van der Waals surface area contributed by atoms with Gasteiger partial charge < -0.3 is 9.64 Å². The molecule has 4 rings (SSSR count). The molecule has 6 heteroatoms. The number of methoxy groups -OCH3 is 1. The minimum atomic E-state index is -0.246. The van der Waals surface area contributed by atoms with E-state index >= 15 is 0 Å². The van der Waals surface area contributed by atoms with Crippen molar-refractivity contribution in [2.45, 2.75) is 25.9 Å². The minimum absolute atomic E-state index is 0.146. The van der Waals surface area contributed by atoms with Gasteiger partial charge in [-0.15, -0.1) is 0 Å². The van der Waals surface area contributed by atoms with Crippen LogP contribution in [0.15, 0.2) is 42.5 Å². The van der Waals surface area contributed by atoms with Crippen molar-refractivity contribution in [2.75, 3.05) is 44.7 Å². The number of hydrogen-bond donors (Lipinski definition) is 0. The number of anilines is 1. The fourth-order valence-corrected chi connectivity index (χ4v) is 4.37. The second-order valence-electron chi connectivity index (χ2n) is 7.81. The number of ether oxygens (including phenoxy) is 1. The van der Waals surface area contributed by atoms with E-state index in [1.807, 2.05) is 30.0 Å². The number of halogens is 1. The predicted molar refractivity (Wildman–Crippen MR) is 112 cm³/mol. The van der Waals surface area contributed by atoms with Crippen LogP contribution in [-0.2, 0) is 17.8 Å². The maximum atomic E-state index is 13.6. The Morgan fingerprint density at radius 2 is 1.86 bits per heavy atom. The Bertz CT molecular complexity index is 880. The number of nitrogens with zero attached hydrogens (tertiary/aromatic N) is 3. The molecular formula is C23H28FN3O2. The normalized spacial score (nSPS) is 18.5. The zero-order valence-corrected chi connectivity index (χ0v) is 17.1. The largest absolute Gasteiger partial charge is 0.496 e. The highest BCUT2D eigenvalue weighted by Crippen LogP contribution is 2.29. The van der Waals surface area contributed by atoms with Gasteiger partial charge in [0.1, 0.15) is 11.6 Å². The molecule has 2 aromatic rings. The van der Waals surface area contributed by atoms with E-state index in [-0.39, 0.29) is 17.8 Å². The average molecular weight is 397 g/mol. The summed E-state index contributed by atoms with van der Waals surface area (Å²) < 4.78 is 19.0. The Kier molecular flexibility index (Phi) is 5.83. The molecule has 29 heavy (non-hydrogen) atoms. The van der Waals surface area contributed by atoms with Crippen LogP contribution in [0, 0.1) is 5.82 Å². The van der Waals surface area contributed by atoms with Crippen molar-refractivity contribution in [3.8, 4) is 5.75 Å². The smallest absolute Gasteiger partial charge is 0.244 e. The molecule has 1 fully saturated rings. The molecule has 0 saturated carbocycles. The zero-order valence-electron chi connectivity index (χ0n) is 17.1. The Hall–Kier alpha value is -2.44. The second kappa shape index (κ2) is 8.51. The summed E-state index contributed by atoms with van der Waals surface area (Å²) in [7, 11) is 1.61. The van der Waals surface area contributed by atoms with E-state index in [2.05, 4.69) is 15.9 Å². The van der Waals surface area contributed by atoms with Crippen LogP contribution in [0.5, 0.6) is 5.75 Å².